The molecule has 0 amide bonds. The highest BCUT2D eigenvalue weighted by Crippen LogP contribution is 2.31. The van der Waals surface area contributed by atoms with Crippen molar-refractivity contribution in [1.82, 2.24) is 15.3 Å². The second-order valence-corrected chi connectivity index (χ2v) is 6.06. The summed E-state index contributed by atoms with van der Waals surface area (Å²) in [7, 11) is 0. The molecule has 2 aliphatic heterocycles. The summed E-state index contributed by atoms with van der Waals surface area (Å²) in [4.78, 5) is 14.7. The lowest BCUT2D eigenvalue weighted by Crippen LogP contribution is -2.44. The second-order valence-electron chi connectivity index (χ2n) is 6.06. The molecule has 0 saturated carbocycles. The number of piperazine rings is 1. The molecule has 0 spiro atoms. The summed E-state index contributed by atoms with van der Waals surface area (Å²) in [6.45, 7) is 6.53. The van der Waals surface area contributed by atoms with Crippen molar-refractivity contribution in [3.63, 3.8) is 0 Å². The molecule has 0 aromatic carbocycles. The van der Waals surface area contributed by atoms with Crippen LogP contribution in [0.1, 0.15) is 30.5 Å². The van der Waals surface area contributed by atoms with Gasteiger partial charge < -0.3 is 15.1 Å². The molecule has 0 unspecified atom stereocenters. The number of rotatable bonds is 2. The van der Waals surface area contributed by atoms with Crippen LogP contribution in [0.4, 0.5) is 11.8 Å². The Morgan fingerprint density at radius 2 is 1.60 bits per heavy atom. The van der Waals surface area contributed by atoms with Crippen LogP contribution in [0, 0.1) is 0 Å². The van der Waals surface area contributed by atoms with E-state index in [0.717, 1.165) is 58.1 Å². The number of nitrogens with zero attached hydrogens (tertiary/aromatic N) is 4. The van der Waals surface area contributed by atoms with Crippen LogP contribution in [-0.2, 0) is 12.8 Å². The summed E-state index contributed by atoms with van der Waals surface area (Å²) in [5.41, 5.74) is 2.74. The molecule has 5 nitrogen and oxygen atoms in total. The van der Waals surface area contributed by atoms with E-state index in [9.17, 15) is 0 Å². The zero-order valence-electron chi connectivity index (χ0n) is 12.1. The van der Waals surface area contributed by atoms with E-state index in [0.29, 0.717) is 0 Å². The number of anilines is 2. The summed E-state index contributed by atoms with van der Waals surface area (Å²) in [5.74, 6) is 2.22. The van der Waals surface area contributed by atoms with Gasteiger partial charge in [-0.3, -0.25) is 0 Å². The lowest BCUT2D eigenvalue weighted by molar-refractivity contribution is 0.582. The predicted molar refractivity (Wildman–Crippen MR) is 80.6 cm³/mol. The van der Waals surface area contributed by atoms with Crippen molar-refractivity contribution < 1.29 is 0 Å². The first kappa shape index (κ1) is 12.4. The van der Waals surface area contributed by atoms with Gasteiger partial charge in [-0.2, -0.15) is 4.98 Å². The maximum absolute atomic E-state index is 4.96. The molecule has 0 bridgehead atoms. The van der Waals surface area contributed by atoms with Crippen LogP contribution in [0.2, 0.25) is 0 Å². The minimum Gasteiger partial charge on any atom is -0.354 e. The molecule has 3 aliphatic rings. The van der Waals surface area contributed by atoms with Gasteiger partial charge in [-0.25, -0.2) is 4.98 Å². The monoisotopic (exact) mass is 273 g/mol. The van der Waals surface area contributed by atoms with Gasteiger partial charge in [0.2, 0.25) is 5.95 Å². The standard InChI is InChI=1S/C15H23N5/c1-2-9-20(8-1)15-17-13-5-3-4-12(13)14(18-15)19-10-6-16-7-11-19/h16H,1-11H2. The van der Waals surface area contributed by atoms with Crippen LogP contribution in [-0.4, -0.2) is 49.2 Å². The van der Waals surface area contributed by atoms with E-state index in [2.05, 4.69) is 15.1 Å². The van der Waals surface area contributed by atoms with Crippen LogP contribution in [0.15, 0.2) is 0 Å². The summed E-state index contributed by atoms with van der Waals surface area (Å²) < 4.78 is 0. The third-order valence-electron chi connectivity index (χ3n) is 4.70. The van der Waals surface area contributed by atoms with E-state index < -0.39 is 0 Å². The molecule has 108 valence electrons. The molecule has 1 aliphatic carbocycles. The Morgan fingerprint density at radius 3 is 2.40 bits per heavy atom. The van der Waals surface area contributed by atoms with E-state index in [4.69, 9.17) is 9.97 Å². The highest BCUT2D eigenvalue weighted by Gasteiger charge is 2.26. The van der Waals surface area contributed by atoms with Crippen molar-refractivity contribution in [3.8, 4) is 0 Å². The van der Waals surface area contributed by atoms with Gasteiger partial charge in [-0.1, -0.05) is 0 Å². The largest absolute Gasteiger partial charge is 0.354 e. The molecule has 3 heterocycles. The van der Waals surface area contributed by atoms with Crippen molar-refractivity contribution in [2.45, 2.75) is 32.1 Å². The van der Waals surface area contributed by atoms with Crippen LogP contribution < -0.4 is 15.1 Å². The highest BCUT2D eigenvalue weighted by molar-refractivity contribution is 5.55. The van der Waals surface area contributed by atoms with Gasteiger partial charge in [-0.05, 0) is 32.1 Å². The predicted octanol–water partition coefficient (Wildman–Crippen LogP) is 0.975. The number of hydrogen-bond acceptors (Lipinski definition) is 5. The molecule has 4 rings (SSSR count). The van der Waals surface area contributed by atoms with Crippen molar-refractivity contribution >= 4 is 11.8 Å². The second kappa shape index (κ2) is 5.20. The molecule has 1 aromatic rings. The summed E-state index contributed by atoms with van der Waals surface area (Å²) in [6, 6.07) is 0. The fraction of sp³-hybridized carbons (Fsp3) is 0.733. The smallest absolute Gasteiger partial charge is 0.227 e. The minimum absolute atomic E-state index is 0.983. The van der Waals surface area contributed by atoms with Gasteiger partial charge in [0.15, 0.2) is 0 Å². The fourth-order valence-electron chi connectivity index (χ4n) is 3.60. The molecule has 0 atom stereocenters. The molecule has 1 N–H and O–H groups in total. The number of aromatic nitrogens is 2. The zero-order valence-corrected chi connectivity index (χ0v) is 12.1. The van der Waals surface area contributed by atoms with Crippen LogP contribution in [0.3, 0.4) is 0 Å². The number of hydrogen-bond donors (Lipinski definition) is 1. The number of aryl methyl sites for hydroxylation is 1. The van der Waals surface area contributed by atoms with Gasteiger partial charge in [-0.15, -0.1) is 0 Å². The van der Waals surface area contributed by atoms with Gasteiger partial charge >= 0.3 is 0 Å². The Labute approximate surface area is 120 Å². The van der Waals surface area contributed by atoms with E-state index >= 15 is 0 Å². The first-order chi connectivity index (χ1) is 9.92. The minimum atomic E-state index is 0.983. The molecular weight excluding hydrogens is 250 g/mol. The topological polar surface area (TPSA) is 44.3 Å². The van der Waals surface area contributed by atoms with Crippen molar-refractivity contribution in [2.24, 2.45) is 0 Å². The van der Waals surface area contributed by atoms with E-state index in [1.54, 1.807) is 0 Å². The zero-order chi connectivity index (χ0) is 13.4. The van der Waals surface area contributed by atoms with Crippen LogP contribution >= 0.6 is 0 Å². The van der Waals surface area contributed by atoms with Gasteiger partial charge in [0.05, 0.1) is 5.69 Å². The van der Waals surface area contributed by atoms with E-state index in [1.165, 1.54) is 36.3 Å². The molecule has 5 heteroatoms. The average molecular weight is 273 g/mol. The summed E-state index contributed by atoms with van der Waals surface area (Å²) in [6.07, 6.45) is 6.10. The molecular formula is C15H23N5. The Hall–Kier alpha value is -1.36. The fourth-order valence-corrected chi connectivity index (χ4v) is 3.60. The molecule has 0 radical (unpaired) electrons. The van der Waals surface area contributed by atoms with Crippen molar-refractivity contribution in [1.29, 1.82) is 0 Å². The van der Waals surface area contributed by atoms with E-state index in [1.807, 2.05) is 0 Å². The van der Waals surface area contributed by atoms with E-state index in [-0.39, 0.29) is 0 Å². The van der Waals surface area contributed by atoms with Gasteiger partial charge in [0.1, 0.15) is 5.82 Å². The van der Waals surface area contributed by atoms with Crippen molar-refractivity contribution in [2.75, 3.05) is 49.1 Å². The molecule has 20 heavy (non-hydrogen) atoms. The third-order valence-corrected chi connectivity index (χ3v) is 4.70. The van der Waals surface area contributed by atoms with Gasteiger partial charge in [0, 0.05) is 44.8 Å². The van der Waals surface area contributed by atoms with Gasteiger partial charge in [0.25, 0.3) is 0 Å². The Bertz CT molecular complexity index is 489. The maximum Gasteiger partial charge on any atom is 0.227 e. The summed E-state index contributed by atoms with van der Waals surface area (Å²) in [5, 5.41) is 3.43. The highest BCUT2D eigenvalue weighted by atomic mass is 15.3. The SMILES string of the molecule is C1Cc2nc(N3CCCC3)nc(N3CCNCC3)c2C1. The summed E-state index contributed by atoms with van der Waals surface area (Å²) >= 11 is 0. The lowest BCUT2D eigenvalue weighted by Gasteiger charge is -2.30. The average Bonchev–Trinajstić information content (AvgIpc) is 3.18. The number of fused-ring (bicyclic) bond motifs is 1. The first-order valence-corrected chi connectivity index (χ1v) is 8.02. The maximum atomic E-state index is 4.96. The van der Waals surface area contributed by atoms with Crippen molar-refractivity contribution in [3.05, 3.63) is 11.3 Å². The third kappa shape index (κ3) is 2.14. The Morgan fingerprint density at radius 1 is 0.800 bits per heavy atom. The van der Waals surface area contributed by atoms with Crippen LogP contribution in [0.5, 0.6) is 0 Å². The quantitative estimate of drug-likeness (QED) is 0.870. The molecule has 2 fully saturated rings. The van der Waals surface area contributed by atoms with Crippen LogP contribution in [0.25, 0.3) is 0 Å². The number of nitrogens with one attached hydrogen (secondary N) is 1. The normalized spacial score (nSPS) is 22.4. The lowest BCUT2D eigenvalue weighted by atomic mass is 10.2. The first-order valence-electron chi connectivity index (χ1n) is 8.02. The molecule has 2 saturated heterocycles. The Balaban J connectivity index is 1.71. The Kier molecular flexibility index (Phi) is 3.22. The molecule has 1 aromatic heterocycles.